The Morgan fingerprint density at radius 3 is 2.54 bits per heavy atom. The van der Waals surface area contributed by atoms with Gasteiger partial charge in [0.15, 0.2) is 5.82 Å². The smallest absolute Gasteiger partial charge is 0.336 e. The maximum absolute atomic E-state index is 12.9. The average Bonchev–Trinajstić information content (AvgIpc) is 3.04. The van der Waals surface area contributed by atoms with Crippen molar-refractivity contribution in [3.05, 3.63) is 64.1 Å². The van der Waals surface area contributed by atoms with Crippen molar-refractivity contribution in [2.75, 3.05) is 6.61 Å². The van der Waals surface area contributed by atoms with Gasteiger partial charge in [-0.3, -0.25) is 4.79 Å². The molecule has 5 nitrogen and oxygen atoms in total. The highest BCUT2D eigenvalue weighted by Crippen LogP contribution is 2.30. The summed E-state index contributed by atoms with van der Waals surface area (Å²) in [5, 5.41) is 5.11. The molecule has 0 bridgehead atoms. The predicted octanol–water partition coefficient (Wildman–Crippen LogP) is 4.98. The van der Waals surface area contributed by atoms with Crippen molar-refractivity contribution < 1.29 is 9.53 Å². The van der Waals surface area contributed by atoms with Gasteiger partial charge in [0.25, 0.3) is 5.91 Å². The summed E-state index contributed by atoms with van der Waals surface area (Å²) in [6.07, 6.45) is 0. The zero-order chi connectivity index (χ0) is 18.7. The first-order valence-electron chi connectivity index (χ1n) is 8.10. The fourth-order valence-corrected chi connectivity index (χ4v) is 2.78. The topological polar surface area (TPSA) is 57.0 Å². The molecule has 7 heteroatoms. The minimum Gasteiger partial charge on any atom is -0.462 e. The quantitative estimate of drug-likeness (QED) is 0.617. The molecule has 0 radical (unpaired) electrons. The van der Waals surface area contributed by atoms with Crippen LogP contribution >= 0.6 is 23.2 Å². The lowest BCUT2D eigenvalue weighted by Crippen LogP contribution is -2.15. The number of benzene rings is 2. The summed E-state index contributed by atoms with van der Waals surface area (Å²) in [7, 11) is 0. The van der Waals surface area contributed by atoms with Crippen LogP contribution in [0.5, 0.6) is 6.01 Å². The summed E-state index contributed by atoms with van der Waals surface area (Å²) in [6.45, 7) is 4.48. The monoisotopic (exact) mass is 389 g/mol. The van der Waals surface area contributed by atoms with Gasteiger partial charge in [-0.2, -0.15) is 9.67 Å². The van der Waals surface area contributed by atoms with Crippen LogP contribution in [-0.4, -0.2) is 27.3 Å². The van der Waals surface area contributed by atoms with Crippen molar-refractivity contribution >= 4 is 29.1 Å². The molecule has 3 rings (SSSR count). The molecule has 0 unspecified atom stereocenters. The number of aromatic nitrogens is 3. The second-order valence-corrected chi connectivity index (χ2v) is 6.97. The van der Waals surface area contributed by atoms with E-state index < -0.39 is 0 Å². The van der Waals surface area contributed by atoms with Gasteiger partial charge in [-0.05, 0) is 36.2 Å². The molecule has 1 heterocycles. The van der Waals surface area contributed by atoms with E-state index in [2.05, 4.69) is 10.1 Å². The molecule has 3 aromatic rings. The number of hydrogen-bond acceptors (Lipinski definition) is 4. The van der Waals surface area contributed by atoms with Gasteiger partial charge in [-0.1, -0.05) is 55.2 Å². The zero-order valence-electron chi connectivity index (χ0n) is 14.3. The van der Waals surface area contributed by atoms with E-state index in [4.69, 9.17) is 27.9 Å². The molecule has 0 spiro atoms. The van der Waals surface area contributed by atoms with E-state index >= 15 is 0 Å². The Kier molecular flexibility index (Phi) is 5.59. The molecule has 0 saturated carbocycles. The van der Waals surface area contributed by atoms with Gasteiger partial charge in [-0.25, -0.2) is 0 Å². The van der Waals surface area contributed by atoms with E-state index in [1.807, 2.05) is 19.9 Å². The Morgan fingerprint density at radius 2 is 1.88 bits per heavy atom. The van der Waals surface area contributed by atoms with Crippen molar-refractivity contribution in [3.63, 3.8) is 0 Å². The SMILES string of the molecule is CC(C)COc1nc(-c2ccc(Cl)cc2Cl)n(C(=O)c2ccccc2)n1. The number of rotatable bonds is 5. The third kappa shape index (κ3) is 4.06. The first-order valence-corrected chi connectivity index (χ1v) is 8.86. The zero-order valence-corrected chi connectivity index (χ0v) is 15.8. The van der Waals surface area contributed by atoms with E-state index in [-0.39, 0.29) is 11.9 Å². The number of hydrogen-bond donors (Lipinski definition) is 0. The third-order valence-electron chi connectivity index (χ3n) is 3.52. The number of nitrogens with zero attached hydrogens (tertiary/aromatic N) is 3. The van der Waals surface area contributed by atoms with Crippen molar-refractivity contribution in [1.82, 2.24) is 14.8 Å². The normalized spacial score (nSPS) is 11.0. The van der Waals surface area contributed by atoms with E-state index in [0.29, 0.717) is 39.5 Å². The van der Waals surface area contributed by atoms with Crippen LogP contribution in [0.2, 0.25) is 10.0 Å². The van der Waals surface area contributed by atoms with Gasteiger partial charge in [0.05, 0.1) is 11.6 Å². The van der Waals surface area contributed by atoms with Crippen LogP contribution < -0.4 is 4.74 Å². The van der Waals surface area contributed by atoms with Gasteiger partial charge >= 0.3 is 6.01 Å². The summed E-state index contributed by atoms with van der Waals surface area (Å²) >= 11 is 12.3. The fourth-order valence-electron chi connectivity index (χ4n) is 2.29. The van der Waals surface area contributed by atoms with E-state index in [1.54, 1.807) is 42.5 Å². The van der Waals surface area contributed by atoms with Crippen LogP contribution in [0, 0.1) is 5.92 Å². The largest absolute Gasteiger partial charge is 0.462 e. The highest BCUT2D eigenvalue weighted by atomic mass is 35.5. The standard InChI is InChI=1S/C19H17Cl2N3O2/c1-12(2)11-26-19-22-17(15-9-8-14(20)10-16(15)21)24(23-19)18(25)13-6-4-3-5-7-13/h3-10,12H,11H2,1-2H3. The molecular formula is C19H17Cl2N3O2. The van der Waals surface area contributed by atoms with Gasteiger partial charge in [0.2, 0.25) is 0 Å². The van der Waals surface area contributed by atoms with E-state index in [9.17, 15) is 4.79 Å². The summed E-state index contributed by atoms with van der Waals surface area (Å²) in [5.74, 6) is 0.284. The van der Waals surface area contributed by atoms with Crippen LogP contribution in [0.1, 0.15) is 24.2 Å². The van der Waals surface area contributed by atoms with Gasteiger partial charge in [-0.15, -0.1) is 5.10 Å². The highest BCUT2D eigenvalue weighted by Gasteiger charge is 2.21. The van der Waals surface area contributed by atoms with Crippen molar-refractivity contribution in [2.45, 2.75) is 13.8 Å². The Balaban J connectivity index is 2.07. The fraction of sp³-hybridized carbons (Fsp3) is 0.211. The molecule has 0 aliphatic carbocycles. The van der Waals surface area contributed by atoms with E-state index in [1.165, 1.54) is 4.68 Å². The van der Waals surface area contributed by atoms with Gasteiger partial charge in [0, 0.05) is 16.1 Å². The molecule has 0 fully saturated rings. The lowest BCUT2D eigenvalue weighted by atomic mass is 10.2. The first kappa shape index (κ1) is 18.4. The number of ether oxygens (including phenoxy) is 1. The third-order valence-corrected chi connectivity index (χ3v) is 4.07. The molecule has 0 aliphatic rings. The maximum atomic E-state index is 12.9. The van der Waals surface area contributed by atoms with Crippen LogP contribution in [0.3, 0.4) is 0 Å². The summed E-state index contributed by atoms with van der Waals surface area (Å²) in [5.41, 5.74) is 1.03. The number of carbonyl (C=O) groups is 1. The molecule has 0 atom stereocenters. The first-order chi connectivity index (χ1) is 12.5. The minimum absolute atomic E-state index is 0.129. The molecule has 1 aromatic heterocycles. The molecule has 26 heavy (non-hydrogen) atoms. The summed E-state index contributed by atoms with van der Waals surface area (Å²) < 4.78 is 6.80. The second kappa shape index (κ2) is 7.89. The van der Waals surface area contributed by atoms with Crippen LogP contribution in [0.4, 0.5) is 0 Å². The average molecular weight is 390 g/mol. The Morgan fingerprint density at radius 1 is 1.15 bits per heavy atom. The second-order valence-electron chi connectivity index (χ2n) is 6.13. The van der Waals surface area contributed by atoms with Gasteiger partial charge < -0.3 is 4.74 Å². The lowest BCUT2D eigenvalue weighted by molar-refractivity contribution is 0.0944. The molecule has 0 aliphatic heterocycles. The van der Waals surface area contributed by atoms with Gasteiger partial charge in [0.1, 0.15) is 0 Å². The molecule has 0 saturated heterocycles. The molecule has 0 N–H and O–H groups in total. The summed E-state index contributed by atoms with van der Waals surface area (Å²) in [6, 6.07) is 14.0. The molecule has 134 valence electrons. The summed E-state index contributed by atoms with van der Waals surface area (Å²) in [4.78, 5) is 17.3. The van der Waals surface area contributed by atoms with Crippen LogP contribution in [-0.2, 0) is 0 Å². The maximum Gasteiger partial charge on any atom is 0.336 e. The van der Waals surface area contributed by atoms with Crippen LogP contribution in [0.25, 0.3) is 11.4 Å². The highest BCUT2D eigenvalue weighted by molar-refractivity contribution is 6.36. The van der Waals surface area contributed by atoms with Crippen molar-refractivity contribution in [1.29, 1.82) is 0 Å². The van der Waals surface area contributed by atoms with Crippen molar-refractivity contribution in [2.24, 2.45) is 5.92 Å². The predicted molar refractivity (Wildman–Crippen MR) is 102 cm³/mol. The van der Waals surface area contributed by atoms with Crippen LogP contribution in [0.15, 0.2) is 48.5 Å². The van der Waals surface area contributed by atoms with Crippen molar-refractivity contribution in [3.8, 4) is 17.4 Å². The molecule has 0 amide bonds. The van der Waals surface area contributed by atoms with E-state index in [0.717, 1.165) is 0 Å². The number of halogens is 2. The Bertz CT molecular complexity index is 924. The minimum atomic E-state index is -0.321. The Hall–Kier alpha value is -2.37. The molecule has 2 aromatic carbocycles. The Labute approximate surface area is 161 Å². The lowest BCUT2D eigenvalue weighted by Gasteiger charge is -2.06. The number of carbonyl (C=O) groups excluding carboxylic acids is 1. The molecular weight excluding hydrogens is 373 g/mol.